The smallest absolute Gasteiger partial charge is 0.267 e. The van der Waals surface area contributed by atoms with Crippen molar-refractivity contribution >= 4 is 92.8 Å². The van der Waals surface area contributed by atoms with Crippen molar-refractivity contribution in [3.63, 3.8) is 0 Å². The van der Waals surface area contributed by atoms with E-state index in [9.17, 15) is 34.6 Å². The summed E-state index contributed by atoms with van der Waals surface area (Å²) in [7, 11) is 0. The molecule has 0 fully saturated rings. The molecule has 1 heterocycles. The van der Waals surface area contributed by atoms with E-state index in [0.717, 1.165) is 6.07 Å². The minimum absolute atomic E-state index is 0.00326. The predicted molar refractivity (Wildman–Crippen MR) is 144 cm³/mol. The van der Waals surface area contributed by atoms with Crippen molar-refractivity contribution in [3.05, 3.63) is 109 Å². The predicted octanol–water partition coefficient (Wildman–Crippen LogP) is 6.41. The van der Waals surface area contributed by atoms with E-state index in [-0.39, 0.29) is 31.3 Å². The Hall–Kier alpha value is -3.01. The largest absolute Gasteiger partial charge is 0.282 e. The normalized spacial score (nSPS) is 12.5. The molecule has 0 N–H and O–H groups in total. The maximum atomic E-state index is 13.8. The Bertz CT molecular complexity index is 1500. The Kier molecular flexibility index (Phi) is 7.60. The lowest BCUT2D eigenvalue weighted by atomic mass is 10.1. The van der Waals surface area contributed by atoms with Crippen molar-refractivity contribution in [2.45, 2.75) is 6.54 Å². The molecule has 1 aliphatic rings. The first-order valence-electron chi connectivity index (χ1n) is 9.99. The van der Waals surface area contributed by atoms with Crippen LogP contribution in [0.4, 0.5) is 11.4 Å². The van der Waals surface area contributed by atoms with Crippen molar-refractivity contribution in [3.8, 4) is 0 Å². The molecule has 0 saturated carbocycles. The number of hydrogen-bond donors (Lipinski definition) is 0. The van der Waals surface area contributed by atoms with Crippen molar-refractivity contribution in [1.82, 2.24) is 10.0 Å². The molecule has 4 rings (SSSR count). The van der Waals surface area contributed by atoms with Gasteiger partial charge in [-0.1, -0.05) is 30.3 Å². The van der Waals surface area contributed by atoms with Gasteiger partial charge in [0.25, 0.3) is 29.1 Å². The van der Waals surface area contributed by atoms with Crippen LogP contribution in [0.1, 0.15) is 36.6 Å². The highest BCUT2D eigenvalue weighted by Crippen LogP contribution is 2.46. The number of halogens is 4. The summed E-state index contributed by atoms with van der Waals surface area (Å²) in [5.74, 6) is -2.90. The summed E-state index contributed by atoms with van der Waals surface area (Å²) in [4.78, 5) is 62.8. The summed E-state index contributed by atoms with van der Waals surface area (Å²) in [5.41, 5.74) is -1.50. The number of carbonyl (C=O) groups excluding carboxylic acids is 3. The number of benzene rings is 3. The highest BCUT2D eigenvalue weighted by molar-refractivity contribution is 9.15. The van der Waals surface area contributed by atoms with Crippen molar-refractivity contribution in [2.75, 3.05) is 0 Å². The molecule has 1 aliphatic heterocycles. The highest BCUT2D eigenvalue weighted by Gasteiger charge is 2.46. The first kappa shape index (κ1) is 27.0. The van der Waals surface area contributed by atoms with Gasteiger partial charge in [0.15, 0.2) is 0 Å². The third-order valence-corrected chi connectivity index (χ3v) is 10.2. The Morgan fingerprint density at radius 3 is 1.73 bits per heavy atom. The third kappa shape index (κ3) is 4.60. The van der Waals surface area contributed by atoms with Gasteiger partial charge in [-0.2, -0.15) is 5.01 Å². The fraction of sp³-hybridized carbons (Fsp3) is 0.0455. The fourth-order valence-corrected chi connectivity index (χ4v) is 6.18. The van der Waals surface area contributed by atoms with Gasteiger partial charge in [0.2, 0.25) is 0 Å². The molecule has 0 radical (unpaired) electrons. The maximum Gasteiger partial charge on any atom is 0.282 e. The van der Waals surface area contributed by atoms with E-state index in [4.69, 9.17) is 0 Å². The Balaban J connectivity index is 1.93. The molecule has 0 bridgehead atoms. The minimum atomic E-state index is -1.08. The second-order valence-corrected chi connectivity index (χ2v) is 10.6. The zero-order chi connectivity index (χ0) is 27.2. The molecule has 0 aliphatic carbocycles. The number of fused-ring (bicyclic) bond motifs is 1. The Morgan fingerprint density at radius 2 is 1.22 bits per heavy atom. The lowest BCUT2D eigenvalue weighted by molar-refractivity contribution is -0.385. The molecule has 0 saturated heterocycles. The summed E-state index contributed by atoms with van der Waals surface area (Å²) in [5, 5.41) is 24.5. The molecule has 0 spiro atoms. The van der Waals surface area contributed by atoms with Gasteiger partial charge >= 0.3 is 0 Å². The molecule has 3 aromatic carbocycles. The van der Waals surface area contributed by atoms with E-state index >= 15 is 0 Å². The molecule has 3 aromatic rings. The van der Waals surface area contributed by atoms with Crippen LogP contribution in [0.3, 0.4) is 0 Å². The molecule has 188 valence electrons. The van der Waals surface area contributed by atoms with Crippen LogP contribution in [0.5, 0.6) is 0 Å². The molecule has 0 unspecified atom stereocenters. The van der Waals surface area contributed by atoms with Gasteiger partial charge in [0.05, 0.1) is 33.1 Å². The summed E-state index contributed by atoms with van der Waals surface area (Å²) >= 11 is 13.2. The average Bonchev–Trinajstić information content (AvgIpc) is 3.14. The van der Waals surface area contributed by atoms with E-state index in [1.807, 2.05) is 0 Å². The molecule has 0 aromatic heterocycles. The molecule has 11 nitrogen and oxygen atoms in total. The van der Waals surface area contributed by atoms with Gasteiger partial charge in [-0.05, 0) is 69.8 Å². The van der Waals surface area contributed by atoms with Crippen LogP contribution >= 0.6 is 63.7 Å². The summed E-state index contributed by atoms with van der Waals surface area (Å²) in [6.45, 7) is -0.606. The summed E-state index contributed by atoms with van der Waals surface area (Å²) in [6.07, 6.45) is 0. The van der Waals surface area contributed by atoms with E-state index in [0.29, 0.717) is 19.0 Å². The van der Waals surface area contributed by atoms with E-state index < -0.39 is 45.4 Å². The molecule has 3 amide bonds. The molecular formula is C22H10Br4N4O7. The van der Waals surface area contributed by atoms with E-state index in [1.165, 1.54) is 42.5 Å². The topological polar surface area (TPSA) is 144 Å². The van der Waals surface area contributed by atoms with Crippen LogP contribution in [0.2, 0.25) is 0 Å². The SMILES string of the molecule is O=C(c1ccccc1[N+](=O)[O-])N(Cc1ccccc1[N+](=O)[O-])N1C(=O)c2c(Br)c(Br)c(Br)c(Br)c2C1=O. The zero-order valence-corrected chi connectivity index (χ0v) is 24.3. The summed E-state index contributed by atoms with van der Waals surface area (Å²) < 4.78 is 1.28. The van der Waals surface area contributed by atoms with Crippen LogP contribution in [-0.4, -0.2) is 37.6 Å². The number of hydrazine groups is 1. The van der Waals surface area contributed by atoms with Crippen LogP contribution in [-0.2, 0) is 6.54 Å². The van der Waals surface area contributed by atoms with Gasteiger partial charge in [-0.25, -0.2) is 5.01 Å². The zero-order valence-electron chi connectivity index (χ0n) is 18.0. The van der Waals surface area contributed by atoms with Crippen LogP contribution in [0, 0.1) is 20.2 Å². The number of rotatable bonds is 6. The molecule has 0 atom stereocenters. The number of nitrogens with zero attached hydrogens (tertiary/aromatic N) is 4. The first-order valence-corrected chi connectivity index (χ1v) is 13.2. The second kappa shape index (κ2) is 10.4. The lowest BCUT2D eigenvalue weighted by Crippen LogP contribution is -2.49. The highest BCUT2D eigenvalue weighted by atomic mass is 79.9. The summed E-state index contributed by atoms with van der Waals surface area (Å²) in [6, 6.07) is 10.5. The van der Waals surface area contributed by atoms with E-state index in [2.05, 4.69) is 63.7 Å². The van der Waals surface area contributed by atoms with Gasteiger partial charge in [-0.15, -0.1) is 0 Å². The minimum Gasteiger partial charge on any atom is -0.267 e. The number of nitro groups is 2. The fourth-order valence-electron chi connectivity index (χ4n) is 3.73. The van der Waals surface area contributed by atoms with Crippen molar-refractivity contribution in [1.29, 1.82) is 0 Å². The number of para-hydroxylation sites is 2. The van der Waals surface area contributed by atoms with Crippen LogP contribution in [0.25, 0.3) is 0 Å². The van der Waals surface area contributed by atoms with Gasteiger partial charge < -0.3 is 0 Å². The van der Waals surface area contributed by atoms with Crippen LogP contribution < -0.4 is 0 Å². The van der Waals surface area contributed by atoms with Crippen LogP contribution in [0.15, 0.2) is 66.4 Å². The first-order chi connectivity index (χ1) is 17.5. The molecule has 15 heteroatoms. The van der Waals surface area contributed by atoms with Gasteiger partial charge in [-0.3, -0.25) is 34.6 Å². The lowest BCUT2D eigenvalue weighted by Gasteiger charge is -2.30. The Morgan fingerprint density at radius 1 is 0.757 bits per heavy atom. The monoisotopic (exact) mass is 758 g/mol. The third-order valence-electron chi connectivity index (χ3n) is 5.40. The van der Waals surface area contributed by atoms with Crippen molar-refractivity contribution < 1.29 is 24.2 Å². The Labute approximate surface area is 241 Å². The average molecular weight is 762 g/mol. The molecule has 37 heavy (non-hydrogen) atoms. The number of amides is 3. The number of nitro benzene ring substituents is 2. The van der Waals surface area contributed by atoms with Gasteiger partial charge in [0.1, 0.15) is 5.56 Å². The number of imide groups is 1. The number of hydrogen-bond acceptors (Lipinski definition) is 7. The molecular weight excluding hydrogens is 752 g/mol. The quantitative estimate of drug-likeness (QED) is 0.0929. The van der Waals surface area contributed by atoms with Gasteiger partial charge in [0, 0.05) is 30.0 Å². The second-order valence-electron chi connectivity index (χ2n) is 7.45. The number of carbonyl (C=O) groups is 3. The maximum absolute atomic E-state index is 13.8. The van der Waals surface area contributed by atoms with E-state index in [1.54, 1.807) is 0 Å². The standard InChI is InChI=1S/C22H10Br4N4O7/c23-16-14-15(17(24)19(26)18(16)25)22(33)28(21(14)32)27(9-10-5-1-3-7-12(10)29(34)35)20(31)11-6-2-4-8-13(11)30(36)37/h1-8H,9H2. The van der Waals surface area contributed by atoms with Crippen molar-refractivity contribution in [2.24, 2.45) is 0 Å².